The third-order valence-electron chi connectivity index (χ3n) is 3.46. The minimum absolute atomic E-state index is 0.146. The number of pyridine rings is 1. The number of nitrogens with zero attached hydrogens (tertiary/aromatic N) is 1. The standard InChI is InChI=1S/C17H16N2O/c20-17-14(12-15-8-4-5-10-18-15)9-11-19-16(17)13-6-2-1-3-7-13/h1-8,10,12,16,19H,9,11H2. The van der Waals surface area contributed by atoms with Crippen LogP contribution in [0, 0.1) is 0 Å². The van der Waals surface area contributed by atoms with Gasteiger partial charge >= 0.3 is 0 Å². The Morgan fingerprint density at radius 1 is 1.10 bits per heavy atom. The van der Waals surface area contributed by atoms with Gasteiger partial charge in [-0.15, -0.1) is 0 Å². The lowest BCUT2D eigenvalue weighted by Crippen LogP contribution is -2.36. The van der Waals surface area contributed by atoms with Crippen LogP contribution in [0.5, 0.6) is 0 Å². The molecule has 1 fully saturated rings. The summed E-state index contributed by atoms with van der Waals surface area (Å²) >= 11 is 0. The van der Waals surface area contributed by atoms with Crippen LogP contribution in [0.3, 0.4) is 0 Å². The molecule has 20 heavy (non-hydrogen) atoms. The minimum atomic E-state index is -0.236. The number of hydrogen-bond acceptors (Lipinski definition) is 3. The van der Waals surface area contributed by atoms with Crippen molar-refractivity contribution in [3.63, 3.8) is 0 Å². The molecule has 1 atom stereocenters. The number of piperidine rings is 1. The summed E-state index contributed by atoms with van der Waals surface area (Å²) in [6.07, 6.45) is 4.39. The molecule has 2 aromatic rings. The number of nitrogens with one attached hydrogen (secondary N) is 1. The summed E-state index contributed by atoms with van der Waals surface area (Å²) in [5.74, 6) is 0.146. The van der Waals surface area contributed by atoms with Gasteiger partial charge in [-0.05, 0) is 30.2 Å². The third-order valence-corrected chi connectivity index (χ3v) is 3.46. The van der Waals surface area contributed by atoms with Crippen molar-refractivity contribution in [1.29, 1.82) is 0 Å². The first kappa shape index (κ1) is 12.8. The lowest BCUT2D eigenvalue weighted by Gasteiger charge is -2.24. The van der Waals surface area contributed by atoms with Gasteiger partial charge < -0.3 is 5.32 Å². The zero-order valence-corrected chi connectivity index (χ0v) is 11.1. The van der Waals surface area contributed by atoms with Gasteiger partial charge in [0.25, 0.3) is 0 Å². The van der Waals surface area contributed by atoms with E-state index in [1.54, 1.807) is 6.20 Å². The highest BCUT2D eigenvalue weighted by Gasteiger charge is 2.27. The van der Waals surface area contributed by atoms with Gasteiger partial charge in [0.05, 0.1) is 11.7 Å². The molecule has 2 heterocycles. The molecule has 3 heteroatoms. The van der Waals surface area contributed by atoms with Crippen LogP contribution in [0.25, 0.3) is 6.08 Å². The summed E-state index contributed by atoms with van der Waals surface area (Å²) in [6.45, 7) is 0.809. The zero-order valence-electron chi connectivity index (χ0n) is 11.1. The molecule has 0 bridgehead atoms. The van der Waals surface area contributed by atoms with Crippen LogP contribution in [-0.4, -0.2) is 17.3 Å². The van der Waals surface area contributed by atoms with E-state index in [1.165, 1.54) is 0 Å². The molecular weight excluding hydrogens is 248 g/mol. The predicted octanol–water partition coefficient (Wildman–Crippen LogP) is 2.77. The average molecular weight is 264 g/mol. The fourth-order valence-electron chi connectivity index (χ4n) is 2.45. The molecule has 0 radical (unpaired) electrons. The SMILES string of the molecule is O=C1C(=Cc2ccccn2)CCNC1c1ccccc1. The molecule has 0 amide bonds. The number of carbonyl (C=O) groups is 1. The highest BCUT2D eigenvalue weighted by Crippen LogP contribution is 2.24. The van der Waals surface area contributed by atoms with Gasteiger partial charge in [-0.2, -0.15) is 0 Å². The molecular formula is C17H16N2O. The van der Waals surface area contributed by atoms with Crippen LogP contribution in [0.2, 0.25) is 0 Å². The highest BCUT2D eigenvalue weighted by molar-refractivity contribution is 6.04. The third kappa shape index (κ3) is 2.68. The Labute approximate surface area is 118 Å². The Hall–Kier alpha value is -2.26. The van der Waals surface area contributed by atoms with E-state index in [2.05, 4.69) is 10.3 Å². The number of benzene rings is 1. The number of hydrogen-bond donors (Lipinski definition) is 1. The van der Waals surface area contributed by atoms with Crippen molar-refractivity contribution in [2.75, 3.05) is 6.54 Å². The van der Waals surface area contributed by atoms with Gasteiger partial charge in [0, 0.05) is 18.3 Å². The van der Waals surface area contributed by atoms with Crippen molar-refractivity contribution < 1.29 is 4.79 Å². The molecule has 100 valence electrons. The van der Waals surface area contributed by atoms with E-state index in [4.69, 9.17) is 0 Å². The second kappa shape index (κ2) is 5.80. The molecule has 1 saturated heterocycles. The first-order chi connectivity index (χ1) is 9.84. The Morgan fingerprint density at radius 3 is 2.65 bits per heavy atom. The quantitative estimate of drug-likeness (QED) is 0.848. The second-order valence-corrected chi connectivity index (χ2v) is 4.84. The van der Waals surface area contributed by atoms with Gasteiger partial charge in [0.15, 0.2) is 5.78 Å². The number of aromatic nitrogens is 1. The number of rotatable bonds is 2. The molecule has 0 aliphatic carbocycles. The Kier molecular flexibility index (Phi) is 3.70. The molecule has 1 aromatic carbocycles. The van der Waals surface area contributed by atoms with Crippen molar-refractivity contribution in [1.82, 2.24) is 10.3 Å². The van der Waals surface area contributed by atoms with Crippen LogP contribution >= 0.6 is 0 Å². The van der Waals surface area contributed by atoms with Crippen LogP contribution in [-0.2, 0) is 4.79 Å². The predicted molar refractivity (Wildman–Crippen MR) is 79.0 cm³/mol. The molecule has 3 nitrogen and oxygen atoms in total. The normalized spacial score (nSPS) is 21.1. The van der Waals surface area contributed by atoms with Crippen LogP contribution in [0.15, 0.2) is 60.3 Å². The maximum absolute atomic E-state index is 12.6. The Balaban J connectivity index is 1.88. The van der Waals surface area contributed by atoms with E-state index in [-0.39, 0.29) is 11.8 Å². The first-order valence-corrected chi connectivity index (χ1v) is 6.79. The fraction of sp³-hybridized carbons (Fsp3) is 0.176. The van der Waals surface area contributed by atoms with Gasteiger partial charge in [0.2, 0.25) is 0 Å². The molecule has 0 saturated carbocycles. The Morgan fingerprint density at radius 2 is 1.90 bits per heavy atom. The van der Waals surface area contributed by atoms with Gasteiger partial charge in [-0.1, -0.05) is 36.4 Å². The summed E-state index contributed by atoms with van der Waals surface area (Å²) < 4.78 is 0. The van der Waals surface area contributed by atoms with E-state index in [9.17, 15) is 4.79 Å². The molecule has 1 unspecified atom stereocenters. The van der Waals surface area contributed by atoms with Crippen molar-refractivity contribution >= 4 is 11.9 Å². The summed E-state index contributed by atoms with van der Waals surface area (Å²) in [5.41, 5.74) is 2.70. The molecule has 1 aliphatic rings. The number of Topliss-reactive ketones (excluding diaryl/α,β-unsaturated/α-hetero) is 1. The maximum Gasteiger partial charge on any atom is 0.180 e. The average Bonchev–Trinajstić information content (AvgIpc) is 2.51. The zero-order chi connectivity index (χ0) is 13.8. The van der Waals surface area contributed by atoms with E-state index >= 15 is 0 Å². The maximum atomic E-state index is 12.6. The van der Waals surface area contributed by atoms with Gasteiger partial charge in [0.1, 0.15) is 0 Å². The lowest BCUT2D eigenvalue weighted by molar-refractivity contribution is -0.118. The fourth-order valence-corrected chi connectivity index (χ4v) is 2.45. The Bertz CT molecular complexity index is 620. The molecule has 1 aliphatic heterocycles. The largest absolute Gasteiger partial charge is 0.303 e. The van der Waals surface area contributed by atoms with Crippen molar-refractivity contribution in [3.05, 3.63) is 71.6 Å². The van der Waals surface area contributed by atoms with Crippen LogP contribution in [0.1, 0.15) is 23.7 Å². The van der Waals surface area contributed by atoms with E-state index < -0.39 is 0 Å². The van der Waals surface area contributed by atoms with E-state index in [0.29, 0.717) is 0 Å². The molecule has 1 aromatic heterocycles. The van der Waals surface area contributed by atoms with E-state index in [0.717, 1.165) is 29.8 Å². The monoisotopic (exact) mass is 264 g/mol. The smallest absolute Gasteiger partial charge is 0.180 e. The second-order valence-electron chi connectivity index (χ2n) is 4.84. The first-order valence-electron chi connectivity index (χ1n) is 6.79. The molecule has 0 spiro atoms. The lowest BCUT2D eigenvalue weighted by atomic mass is 9.91. The van der Waals surface area contributed by atoms with Gasteiger partial charge in [-0.3, -0.25) is 9.78 Å². The number of carbonyl (C=O) groups excluding carboxylic acids is 1. The highest BCUT2D eigenvalue weighted by atomic mass is 16.1. The van der Waals surface area contributed by atoms with Crippen molar-refractivity contribution in [2.45, 2.75) is 12.5 Å². The summed E-state index contributed by atoms with van der Waals surface area (Å²) in [7, 11) is 0. The van der Waals surface area contributed by atoms with Crippen molar-refractivity contribution in [3.8, 4) is 0 Å². The van der Waals surface area contributed by atoms with E-state index in [1.807, 2.05) is 54.6 Å². The minimum Gasteiger partial charge on any atom is -0.303 e. The van der Waals surface area contributed by atoms with Crippen molar-refractivity contribution in [2.24, 2.45) is 0 Å². The number of ketones is 1. The summed E-state index contributed by atoms with van der Waals surface area (Å²) in [4.78, 5) is 16.8. The summed E-state index contributed by atoms with van der Waals surface area (Å²) in [5, 5.41) is 3.29. The summed E-state index contributed by atoms with van der Waals surface area (Å²) in [6, 6.07) is 15.3. The van der Waals surface area contributed by atoms with Crippen LogP contribution in [0.4, 0.5) is 0 Å². The van der Waals surface area contributed by atoms with Crippen LogP contribution < -0.4 is 5.32 Å². The topological polar surface area (TPSA) is 42.0 Å². The molecule has 1 N–H and O–H groups in total. The molecule has 3 rings (SSSR count). The van der Waals surface area contributed by atoms with Gasteiger partial charge in [-0.25, -0.2) is 0 Å².